The van der Waals surface area contributed by atoms with Crippen molar-refractivity contribution < 1.29 is 4.79 Å². The second kappa shape index (κ2) is 8.58. The molecule has 0 spiro atoms. The fourth-order valence-electron chi connectivity index (χ4n) is 1.66. The van der Waals surface area contributed by atoms with Gasteiger partial charge in [-0.2, -0.15) is 4.98 Å². The van der Waals surface area contributed by atoms with Crippen molar-refractivity contribution in [2.24, 2.45) is 0 Å². The van der Waals surface area contributed by atoms with Gasteiger partial charge in [0.1, 0.15) is 5.02 Å². The minimum absolute atomic E-state index is 0.0211. The number of amides is 1. The Morgan fingerprint density at radius 3 is 2.60 bits per heavy atom. The zero-order valence-electron chi connectivity index (χ0n) is 12.2. The van der Waals surface area contributed by atoms with E-state index < -0.39 is 0 Å². The van der Waals surface area contributed by atoms with Crippen LogP contribution >= 0.6 is 11.6 Å². The van der Waals surface area contributed by atoms with E-state index in [1.807, 2.05) is 13.8 Å². The van der Waals surface area contributed by atoms with Crippen LogP contribution in [0.1, 0.15) is 27.2 Å². The molecule has 0 radical (unpaired) electrons. The van der Waals surface area contributed by atoms with Gasteiger partial charge in [-0.3, -0.25) is 4.79 Å². The zero-order chi connectivity index (χ0) is 15.0. The number of aromatic nitrogens is 2. The van der Waals surface area contributed by atoms with E-state index in [9.17, 15) is 4.79 Å². The van der Waals surface area contributed by atoms with Crippen molar-refractivity contribution in [2.75, 3.05) is 36.8 Å². The molecular formula is C13H22ClN5O. The number of nitrogens with one attached hydrogen (secondary N) is 2. The Hall–Kier alpha value is -1.56. The smallest absolute Gasteiger partial charge is 0.241 e. The number of nitrogens with zero attached hydrogens (tertiary/aromatic N) is 3. The van der Waals surface area contributed by atoms with E-state index in [0.29, 0.717) is 29.9 Å². The molecule has 0 saturated carbocycles. The second-order valence-corrected chi connectivity index (χ2v) is 4.64. The summed E-state index contributed by atoms with van der Waals surface area (Å²) in [5.74, 6) is 1.00. The molecule has 7 heteroatoms. The largest absolute Gasteiger partial charge is 0.360 e. The summed E-state index contributed by atoms with van der Waals surface area (Å²) in [4.78, 5) is 22.0. The Bertz CT molecular complexity index is 437. The molecule has 0 aliphatic rings. The van der Waals surface area contributed by atoms with Crippen LogP contribution in [0, 0.1) is 0 Å². The first kappa shape index (κ1) is 16.5. The van der Waals surface area contributed by atoms with Crippen LogP contribution in [-0.4, -0.2) is 47.0 Å². The fourth-order valence-corrected chi connectivity index (χ4v) is 1.82. The average Bonchev–Trinajstić information content (AvgIpc) is 2.46. The van der Waals surface area contributed by atoms with Crippen LogP contribution in [0.25, 0.3) is 0 Å². The summed E-state index contributed by atoms with van der Waals surface area (Å²) in [5.41, 5.74) is 0. The molecule has 0 aromatic carbocycles. The van der Waals surface area contributed by atoms with Crippen molar-refractivity contribution in [1.82, 2.24) is 14.9 Å². The topological polar surface area (TPSA) is 70.2 Å². The molecule has 0 unspecified atom stereocenters. The molecule has 0 aliphatic carbocycles. The molecule has 0 aliphatic heterocycles. The van der Waals surface area contributed by atoms with E-state index in [4.69, 9.17) is 11.6 Å². The highest BCUT2D eigenvalue weighted by Crippen LogP contribution is 2.19. The first-order chi connectivity index (χ1) is 9.62. The SMILES string of the molecule is CCCNc1ncc(Cl)c(NCC(=O)N(CC)CC)n1. The molecule has 1 heterocycles. The maximum absolute atomic E-state index is 11.9. The number of rotatable bonds is 8. The number of halogens is 1. The molecule has 112 valence electrons. The first-order valence-electron chi connectivity index (χ1n) is 6.90. The summed E-state index contributed by atoms with van der Waals surface area (Å²) in [5, 5.41) is 6.45. The summed E-state index contributed by atoms with van der Waals surface area (Å²) in [7, 11) is 0. The third-order valence-corrected chi connectivity index (χ3v) is 3.08. The minimum Gasteiger partial charge on any atom is -0.360 e. The van der Waals surface area contributed by atoms with Crippen LogP contribution in [0.4, 0.5) is 11.8 Å². The molecule has 0 fully saturated rings. The van der Waals surface area contributed by atoms with Crippen LogP contribution < -0.4 is 10.6 Å². The first-order valence-corrected chi connectivity index (χ1v) is 7.28. The van der Waals surface area contributed by atoms with E-state index in [-0.39, 0.29) is 12.5 Å². The lowest BCUT2D eigenvalue weighted by Gasteiger charge is -2.19. The van der Waals surface area contributed by atoms with Gasteiger partial charge in [-0.1, -0.05) is 18.5 Å². The van der Waals surface area contributed by atoms with E-state index >= 15 is 0 Å². The highest BCUT2D eigenvalue weighted by Gasteiger charge is 2.11. The highest BCUT2D eigenvalue weighted by atomic mass is 35.5. The Kier molecular flexibility index (Phi) is 7.08. The van der Waals surface area contributed by atoms with Gasteiger partial charge in [-0.25, -0.2) is 4.98 Å². The predicted molar refractivity (Wildman–Crippen MR) is 82.2 cm³/mol. The van der Waals surface area contributed by atoms with E-state index in [1.54, 1.807) is 4.90 Å². The Morgan fingerprint density at radius 2 is 2.00 bits per heavy atom. The minimum atomic E-state index is 0.0211. The van der Waals surface area contributed by atoms with E-state index in [0.717, 1.165) is 13.0 Å². The van der Waals surface area contributed by atoms with Crippen molar-refractivity contribution in [3.63, 3.8) is 0 Å². The Balaban J connectivity index is 2.64. The lowest BCUT2D eigenvalue weighted by atomic mass is 10.4. The van der Waals surface area contributed by atoms with Gasteiger partial charge in [0.25, 0.3) is 0 Å². The summed E-state index contributed by atoms with van der Waals surface area (Å²) < 4.78 is 0. The summed E-state index contributed by atoms with van der Waals surface area (Å²) in [6, 6.07) is 0. The van der Waals surface area contributed by atoms with Gasteiger partial charge in [-0.05, 0) is 20.3 Å². The molecular weight excluding hydrogens is 278 g/mol. The number of carbonyl (C=O) groups is 1. The Morgan fingerprint density at radius 1 is 1.30 bits per heavy atom. The van der Waals surface area contributed by atoms with Crippen LogP contribution in [0.2, 0.25) is 5.02 Å². The van der Waals surface area contributed by atoms with Crippen molar-refractivity contribution in [1.29, 1.82) is 0 Å². The zero-order valence-corrected chi connectivity index (χ0v) is 13.0. The highest BCUT2D eigenvalue weighted by molar-refractivity contribution is 6.32. The van der Waals surface area contributed by atoms with Gasteiger partial charge in [0.15, 0.2) is 5.82 Å². The lowest BCUT2D eigenvalue weighted by Crippen LogP contribution is -2.35. The molecule has 20 heavy (non-hydrogen) atoms. The summed E-state index contributed by atoms with van der Waals surface area (Å²) >= 11 is 6.02. The van der Waals surface area contributed by atoms with Crippen molar-refractivity contribution in [3.05, 3.63) is 11.2 Å². The third kappa shape index (κ3) is 4.85. The molecule has 1 aromatic rings. The summed E-state index contributed by atoms with van der Waals surface area (Å²) in [6.45, 7) is 8.31. The van der Waals surface area contributed by atoms with Gasteiger partial charge in [0, 0.05) is 19.6 Å². The number of likely N-dealkylation sites (N-methyl/N-ethyl adjacent to an activating group) is 1. The quantitative estimate of drug-likeness (QED) is 0.770. The molecule has 0 bridgehead atoms. The van der Waals surface area contributed by atoms with Crippen LogP contribution in [0.5, 0.6) is 0 Å². The number of hydrogen-bond acceptors (Lipinski definition) is 5. The van der Waals surface area contributed by atoms with E-state index in [1.165, 1.54) is 6.20 Å². The maximum atomic E-state index is 11.9. The number of hydrogen-bond donors (Lipinski definition) is 2. The van der Waals surface area contributed by atoms with Gasteiger partial charge < -0.3 is 15.5 Å². The van der Waals surface area contributed by atoms with Crippen molar-refractivity contribution in [2.45, 2.75) is 27.2 Å². The fraction of sp³-hybridized carbons (Fsp3) is 0.615. The molecule has 0 atom stereocenters. The van der Waals surface area contributed by atoms with Crippen LogP contribution in [0.3, 0.4) is 0 Å². The van der Waals surface area contributed by atoms with E-state index in [2.05, 4.69) is 27.5 Å². The maximum Gasteiger partial charge on any atom is 0.241 e. The van der Waals surface area contributed by atoms with Crippen LogP contribution in [-0.2, 0) is 4.79 Å². The lowest BCUT2D eigenvalue weighted by molar-refractivity contribution is -0.128. The molecule has 1 rings (SSSR count). The standard InChI is InChI=1S/C13H22ClN5O/c1-4-7-15-13-17-8-10(14)12(18-13)16-9-11(20)19(5-2)6-3/h8H,4-7,9H2,1-3H3,(H2,15,16,17,18). The average molecular weight is 300 g/mol. The van der Waals surface area contributed by atoms with Gasteiger partial charge in [0.2, 0.25) is 11.9 Å². The van der Waals surface area contributed by atoms with Gasteiger partial charge >= 0.3 is 0 Å². The monoisotopic (exact) mass is 299 g/mol. The van der Waals surface area contributed by atoms with Crippen LogP contribution in [0.15, 0.2) is 6.20 Å². The van der Waals surface area contributed by atoms with Crippen molar-refractivity contribution in [3.8, 4) is 0 Å². The molecule has 0 saturated heterocycles. The molecule has 1 amide bonds. The second-order valence-electron chi connectivity index (χ2n) is 4.24. The molecule has 2 N–H and O–H groups in total. The van der Waals surface area contributed by atoms with Gasteiger partial charge in [-0.15, -0.1) is 0 Å². The number of carbonyl (C=O) groups excluding carboxylic acids is 1. The van der Waals surface area contributed by atoms with Crippen molar-refractivity contribution >= 4 is 29.3 Å². The molecule has 6 nitrogen and oxygen atoms in total. The summed E-state index contributed by atoms with van der Waals surface area (Å²) in [6.07, 6.45) is 2.51. The third-order valence-electron chi connectivity index (χ3n) is 2.80. The molecule has 1 aromatic heterocycles. The Labute approximate surface area is 124 Å². The number of anilines is 2. The van der Waals surface area contributed by atoms with Gasteiger partial charge in [0.05, 0.1) is 12.7 Å². The predicted octanol–water partition coefficient (Wildman–Crippen LogP) is 2.23. The normalized spacial score (nSPS) is 10.2.